The third-order valence-electron chi connectivity index (χ3n) is 4.42. The van der Waals surface area contributed by atoms with Gasteiger partial charge in [0.05, 0.1) is 30.4 Å². The standard InChI is InChI=1S/C17H19BrN2O4/c1-2-24-17(23)11-5-4-8-19(9-11)10-20-13-7-3-6-12(18)14(13)15(21)16(20)22/h3,6-7,11H,2,4-5,8-10H2,1H3. The van der Waals surface area contributed by atoms with Gasteiger partial charge in [0.15, 0.2) is 0 Å². The Kier molecular flexibility index (Phi) is 5.01. The van der Waals surface area contributed by atoms with Crippen LogP contribution in [0.15, 0.2) is 22.7 Å². The van der Waals surface area contributed by atoms with Crippen LogP contribution < -0.4 is 4.90 Å². The van der Waals surface area contributed by atoms with Gasteiger partial charge >= 0.3 is 11.9 Å². The smallest absolute Gasteiger partial charge is 0.310 e. The van der Waals surface area contributed by atoms with Gasteiger partial charge in [-0.3, -0.25) is 24.2 Å². The Balaban J connectivity index is 1.75. The van der Waals surface area contributed by atoms with Gasteiger partial charge in [-0.1, -0.05) is 6.07 Å². The molecule has 1 aromatic carbocycles. The first-order chi connectivity index (χ1) is 11.5. The zero-order valence-corrected chi connectivity index (χ0v) is 15.0. The van der Waals surface area contributed by atoms with Gasteiger partial charge in [0.2, 0.25) is 0 Å². The van der Waals surface area contributed by atoms with Crippen LogP contribution in [0.1, 0.15) is 30.1 Å². The molecule has 1 unspecified atom stereocenters. The second-order valence-electron chi connectivity index (χ2n) is 6.01. The molecule has 0 N–H and O–H groups in total. The SMILES string of the molecule is CCOC(=O)C1CCCN(CN2C(=O)C(=O)c3c(Br)cccc32)C1. The Bertz CT molecular complexity index is 691. The summed E-state index contributed by atoms with van der Waals surface area (Å²) < 4.78 is 5.73. The van der Waals surface area contributed by atoms with Crippen molar-refractivity contribution in [1.82, 2.24) is 4.90 Å². The highest BCUT2D eigenvalue weighted by molar-refractivity contribution is 9.10. The first kappa shape index (κ1) is 17.1. The zero-order chi connectivity index (χ0) is 17.3. The number of hydrogen-bond donors (Lipinski definition) is 0. The first-order valence-electron chi connectivity index (χ1n) is 8.06. The lowest BCUT2D eigenvalue weighted by molar-refractivity contribution is -0.149. The summed E-state index contributed by atoms with van der Waals surface area (Å²) >= 11 is 3.34. The topological polar surface area (TPSA) is 66.9 Å². The molecule has 128 valence electrons. The molecule has 0 saturated carbocycles. The monoisotopic (exact) mass is 394 g/mol. The van der Waals surface area contributed by atoms with Crippen LogP contribution in [0.3, 0.4) is 0 Å². The van der Waals surface area contributed by atoms with E-state index in [2.05, 4.69) is 15.9 Å². The molecule has 0 spiro atoms. The molecule has 1 atom stereocenters. The van der Waals surface area contributed by atoms with Crippen molar-refractivity contribution in [2.75, 3.05) is 31.3 Å². The van der Waals surface area contributed by atoms with E-state index < -0.39 is 11.7 Å². The highest BCUT2D eigenvalue weighted by Crippen LogP contribution is 2.34. The van der Waals surface area contributed by atoms with Crippen LogP contribution in [0.25, 0.3) is 0 Å². The molecule has 1 aromatic rings. The fraction of sp³-hybridized carbons (Fsp3) is 0.471. The first-order valence-corrected chi connectivity index (χ1v) is 8.86. The van der Waals surface area contributed by atoms with Gasteiger partial charge in [0.1, 0.15) is 0 Å². The molecule has 0 bridgehead atoms. The number of piperidine rings is 1. The lowest BCUT2D eigenvalue weighted by Crippen LogP contribution is -2.46. The van der Waals surface area contributed by atoms with E-state index in [1.807, 2.05) is 4.90 Å². The maximum Gasteiger partial charge on any atom is 0.310 e. The Hall–Kier alpha value is -1.73. The van der Waals surface area contributed by atoms with E-state index in [4.69, 9.17) is 4.74 Å². The lowest BCUT2D eigenvalue weighted by atomic mass is 9.98. The highest BCUT2D eigenvalue weighted by Gasteiger charge is 2.39. The van der Waals surface area contributed by atoms with Crippen LogP contribution in [0.5, 0.6) is 0 Å². The molecule has 0 aromatic heterocycles. The molecular weight excluding hydrogens is 376 g/mol. The molecule has 2 heterocycles. The Morgan fingerprint density at radius 2 is 2.17 bits per heavy atom. The Morgan fingerprint density at radius 3 is 2.92 bits per heavy atom. The normalized spacial score (nSPS) is 21.1. The number of anilines is 1. The number of esters is 1. The molecule has 3 rings (SSSR count). The van der Waals surface area contributed by atoms with Crippen molar-refractivity contribution in [2.45, 2.75) is 19.8 Å². The number of ether oxygens (including phenoxy) is 1. The summed E-state index contributed by atoms with van der Waals surface area (Å²) in [6, 6.07) is 5.33. The number of nitrogens with zero attached hydrogens (tertiary/aromatic N) is 2. The summed E-state index contributed by atoms with van der Waals surface area (Å²) in [5.41, 5.74) is 1.04. The molecule has 2 aliphatic rings. The molecule has 7 heteroatoms. The fourth-order valence-electron chi connectivity index (χ4n) is 3.28. The number of amides is 1. The highest BCUT2D eigenvalue weighted by atomic mass is 79.9. The molecule has 24 heavy (non-hydrogen) atoms. The van der Waals surface area contributed by atoms with Crippen molar-refractivity contribution >= 4 is 39.3 Å². The van der Waals surface area contributed by atoms with Gasteiger partial charge in [0, 0.05) is 11.0 Å². The predicted octanol–water partition coefficient (Wildman–Crippen LogP) is 2.21. The average molecular weight is 395 g/mol. The quantitative estimate of drug-likeness (QED) is 0.578. The van der Waals surface area contributed by atoms with E-state index in [1.54, 1.807) is 25.1 Å². The van der Waals surface area contributed by atoms with Crippen LogP contribution >= 0.6 is 15.9 Å². The number of halogens is 1. The minimum Gasteiger partial charge on any atom is -0.466 e. The minimum absolute atomic E-state index is 0.172. The number of ketones is 1. The number of rotatable bonds is 4. The van der Waals surface area contributed by atoms with Gasteiger partial charge in [0.25, 0.3) is 5.78 Å². The number of hydrogen-bond acceptors (Lipinski definition) is 5. The third-order valence-corrected chi connectivity index (χ3v) is 5.08. The molecule has 1 amide bonds. The van der Waals surface area contributed by atoms with Gasteiger partial charge in [-0.25, -0.2) is 0 Å². The van der Waals surface area contributed by atoms with E-state index in [9.17, 15) is 14.4 Å². The molecule has 0 aliphatic carbocycles. The number of carbonyl (C=O) groups excluding carboxylic acids is 3. The Morgan fingerprint density at radius 1 is 1.38 bits per heavy atom. The van der Waals surface area contributed by atoms with Crippen LogP contribution in [0, 0.1) is 5.92 Å². The lowest BCUT2D eigenvalue weighted by Gasteiger charge is -2.34. The summed E-state index contributed by atoms with van der Waals surface area (Å²) in [6.45, 7) is 3.80. The molecule has 1 saturated heterocycles. The van der Waals surface area contributed by atoms with Crippen LogP contribution in [-0.2, 0) is 14.3 Å². The van der Waals surface area contributed by atoms with Crippen molar-refractivity contribution < 1.29 is 19.1 Å². The minimum atomic E-state index is -0.518. The molecular formula is C17H19BrN2O4. The van der Waals surface area contributed by atoms with E-state index in [0.717, 1.165) is 19.4 Å². The third kappa shape index (κ3) is 3.10. The van der Waals surface area contributed by atoms with E-state index in [-0.39, 0.29) is 11.9 Å². The van der Waals surface area contributed by atoms with Gasteiger partial charge < -0.3 is 4.74 Å². The van der Waals surface area contributed by atoms with Crippen LogP contribution in [0.2, 0.25) is 0 Å². The maximum atomic E-state index is 12.3. The molecule has 1 fully saturated rings. The summed E-state index contributed by atoms with van der Waals surface area (Å²) in [7, 11) is 0. The maximum absolute atomic E-state index is 12.3. The van der Waals surface area contributed by atoms with Gasteiger partial charge in [-0.05, 0) is 54.4 Å². The van der Waals surface area contributed by atoms with E-state index >= 15 is 0 Å². The van der Waals surface area contributed by atoms with Gasteiger partial charge in [-0.15, -0.1) is 0 Å². The molecule has 0 radical (unpaired) electrons. The van der Waals surface area contributed by atoms with Crippen molar-refractivity contribution in [1.29, 1.82) is 0 Å². The van der Waals surface area contributed by atoms with Crippen molar-refractivity contribution in [3.05, 3.63) is 28.2 Å². The number of Topliss-reactive ketones (excluding diaryl/α,β-unsaturated/α-hetero) is 1. The average Bonchev–Trinajstić information content (AvgIpc) is 2.81. The van der Waals surface area contributed by atoms with Crippen molar-refractivity contribution in [3.8, 4) is 0 Å². The summed E-state index contributed by atoms with van der Waals surface area (Å²) in [5, 5.41) is 0. The second kappa shape index (κ2) is 7.03. The van der Waals surface area contributed by atoms with E-state index in [1.165, 1.54) is 4.90 Å². The number of likely N-dealkylation sites (tertiary alicyclic amines) is 1. The second-order valence-corrected chi connectivity index (χ2v) is 6.86. The largest absolute Gasteiger partial charge is 0.466 e. The summed E-state index contributed by atoms with van der Waals surface area (Å²) in [5.74, 6) is -1.37. The van der Waals surface area contributed by atoms with Crippen LogP contribution in [0.4, 0.5) is 5.69 Å². The Labute approximate surface area is 148 Å². The zero-order valence-electron chi connectivity index (χ0n) is 13.5. The van der Waals surface area contributed by atoms with Crippen molar-refractivity contribution in [3.63, 3.8) is 0 Å². The van der Waals surface area contributed by atoms with Crippen LogP contribution in [-0.4, -0.2) is 48.9 Å². The molecule has 2 aliphatic heterocycles. The number of carbonyl (C=O) groups is 3. The number of benzene rings is 1. The van der Waals surface area contributed by atoms with Crippen molar-refractivity contribution in [2.24, 2.45) is 5.92 Å². The number of fused-ring (bicyclic) bond motifs is 1. The molecule has 6 nitrogen and oxygen atoms in total. The van der Waals surface area contributed by atoms with E-state index in [0.29, 0.717) is 35.5 Å². The summed E-state index contributed by atoms with van der Waals surface area (Å²) in [6.07, 6.45) is 1.66. The van der Waals surface area contributed by atoms with Gasteiger partial charge in [-0.2, -0.15) is 0 Å². The predicted molar refractivity (Wildman–Crippen MR) is 91.8 cm³/mol. The fourth-order valence-corrected chi connectivity index (χ4v) is 3.81. The summed E-state index contributed by atoms with van der Waals surface area (Å²) in [4.78, 5) is 40.0.